The molecule has 4 aromatic rings. The van der Waals surface area contributed by atoms with Crippen LogP contribution in [-0.4, -0.2) is 25.8 Å². The van der Waals surface area contributed by atoms with E-state index in [1.807, 2.05) is 12.1 Å². The van der Waals surface area contributed by atoms with Crippen LogP contribution in [0.5, 0.6) is 5.88 Å². The molecule has 8 nitrogen and oxygen atoms in total. The quantitative estimate of drug-likeness (QED) is 0.525. The number of pyridine rings is 2. The Labute approximate surface area is 165 Å². The zero-order valence-electron chi connectivity index (χ0n) is 15.3. The number of benzene rings is 1. The first-order valence-electron chi connectivity index (χ1n) is 8.93. The molecule has 29 heavy (non-hydrogen) atoms. The molecule has 0 aliphatic heterocycles. The number of para-hydroxylation sites is 1. The molecule has 3 heterocycles. The highest BCUT2D eigenvalue weighted by molar-refractivity contribution is 5.92. The number of carbonyl (C=O) groups excluding carboxylic acids is 1. The first-order chi connectivity index (χ1) is 14.2. The second-order valence-corrected chi connectivity index (χ2v) is 6.26. The van der Waals surface area contributed by atoms with Crippen LogP contribution in [0.3, 0.4) is 0 Å². The number of amides is 1. The maximum absolute atomic E-state index is 12.4. The van der Waals surface area contributed by atoms with E-state index >= 15 is 0 Å². The fourth-order valence-corrected chi connectivity index (χ4v) is 2.74. The van der Waals surface area contributed by atoms with Crippen molar-refractivity contribution in [3.63, 3.8) is 0 Å². The summed E-state index contributed by atoms with van der Waals surface area (Å²) in [6.45, 7) is 0.608. The van der Waals surface area contributed by atoms with E-state index in [4.69, 9.17) is 4.74 Å². The van der Waals surface area contributed by atoms with E-state index in [2.05, 4.69) is 25.3 Å². The second-order valence-electron chi connectivity index (χ2n) is 6.26. The van der Waals surface area contributed by atoms with Crippen molar-refractivity contribution in [2.24, 2.45) is 0 Å². The molecule has 0 aliphatic carbocycles. The first-order valence-corrected chi connectivity index (χ1v) is 8.93. The van der Waals surface area contributed by atoms with Gasteiger partial charge in [-0.05, 0) is 41.5 Å². The molecule has 0 radical (unpaired) electrons. The molecule has 0 bridgehead atoms. The Hall–Kier alpha value is -4.07. The van der Waals surface area contributed by atoms with Crippen molar-refractivity contribution in [3.05, 3.63) is 94.4 Å². The molecular weight excluding hydrogens is 370 g/mol. The van der Waals surface area contributed by atoms with Crippen LogP contribution >= 0.6 is 0 Å². The number of nitrogens with one attached hydrogen (secondary N) is 2. The first kappa shape index (κ1) is 18.3. The van der Waals surface area contributed by atoms with Crippen LogP contribution in [0.2, 0.25) is 0 Å². The van der Waals surface area contributed by atoms with E-state index in [1.54, 1.807) is 55.0 Å². The van der Waals surface area contributed by atoms with Gasteiger partial charge in [0.2, 0.25) is 5.88 Å². The number of fused-ring (bicyclic) bond motifs is 1. The molecule has 1 amide bonds. The monoisotopic (exact) mass is 387 g/mol. The third-order valence-electron chi connectivity index (χ3n) is 4.22. The fraction of sp³-hybridized carbons (Fsp3) is 0.0952. The summed E-state index contributed by atoms with van der Waals surface area (Å²) < 4.78 is 5.68. The molecular formula is C21H17N5O3. The normalized spacial score (nSPS) is 10.6. The number of carbonyl (C=O) groups is 1. The van der Waals surface area contributed by atoms with Crippen molar-refractivity contribution in [2.75, 3.05) is 0 Å². The molecule has 0 spiro atoms. The smallest absolute Gasteiger partial charge is 0.287 e. The highest BCUT2D eigenvalue weighted by atomic mass is 16.5. The van der Waals surface area contributed by atoms with Crippen molar-refractivity contribution in [2.45, 2.75) is 13.2 Å². The molecule has 0 atom stereocenters. The van der Waals surface area contributed by atoms with Gasteiger partial charge in [-0.15, -0.1) is 0 Å². The van der Waals surface area contributed by atoms with E-state index in [0.717, 1.165) is 11.1 Å². The number of H-pyrrole nitrogens is 1. The lowest BCUT2D eigenvalue weighted by atomic mass is 10.2. The summed E-state index contributed by atoms with van der Waals surface area (Å²) in [6.07, 6.45) is 5.01. The fourth-order valence-electron chi connectivity index (χ4n) is 2.74. The molecule has 0 saturated carbocycles. The van der Waals surface area contributed by atoms with Crippen molar-refractivity contribution >= 4 is 16.8 Å². The molecule has 0 unspecified atom stereocenters. The maximum atomic E-state index is 12.4. The summed E-state index contributed by atoms with van der Waals surface area (Å²) in [5, 5.41) is 3.18. The van der Waals surface area contributed by atoms with Crippen molar-refractivity contribution in [1.29, 1.82) is 0 Å². The van der Waals surface area contributed by atoms with Crippen LogP contribution in [0, 0.1) is 0 Å². The Bertz CT molecular complexity index is 1210. The van der Waals surface area contributed by atoms with E-state index in [-0.39, 0.29) is 17.9 Å². The maximum Gasteiger partial charge on any atom is 0.287 e. The predicted octanol–water partition coefficient (Wildman–Crippen LogP) is 2.22. The van der Waals surface area contributed by atoms with Crippen LogP contribution < -0.4 is 15.6 Å². The molecule has 0 fully saturated rings. The minimum Gasteiger partial charge on any atom is -0.473 e. The van der Waals surface area contributed by atoms with Gasteiger partial charge in [0.15, 0.2) is 5.82 Å². The van der Waals surface area contributed by atoms with Crippen LogP contribution in [-0.2, 0) is 13.2 Å². The van der Waals surface area contributed by atoms with Gasteiger partial charge in [0.25, 0.3) is 11.5 Å². The van der Waals surface area contributed by atoms with E-state index < -0.39 is 5.91 Å². The van der Waals surface area contributed by atoms with Gasteiger partial charge in [0, 0.05) is 31.2 Å². The lowest BCUT2D eigenvalue weighted by Crippen LogP contribution is -2.27. The van der Waals surface area contributed by atoms with Gasteiger partial charge in [0.05, 0.1) is 10.9 Å². The summed E-state index contributed by atoms with van der Waals surface area (Å²) in [7, 11) is 0. The standard InChI is InChI=1S/C21H17N5O3/c27-20-16-3-1-2-4-17(16)25-19(26-20)21(28)24-12-15-7-10-23-18(11-15)29-13-14-5-8-22-9-6-14/h1-11H,12-13H2,(H,24,28)(H,25,26,27). The van der Waals surface area contributed by atoms with Crippen LogP contribution in [0.4, 0.5) is 0 Å². The number of rotatable bonds is 6. The third kappa shape index (κ3) is 4.44. The molecule has 2 N–H and O–H groups in total. The van der Waals surface area contributed by atoms with Crippen LogP contribution in [0.25, 0.3) is 10.9 Å². The summed E-state index contributed by atoms with van der Waals surface area (Å²) in [5.74, 6) is -0.0494. The lowest BCUT2D eigenvalue weighted by Gasteiger charge is -2.08. The average molecular weight is 387 g/mol. The van der Waals surface area contributed by atoms with E-state index in [9.17, 15) is 9.59 Å². The van der Waals surface area contributed by atoms with Gasteiger partial charge in [-0.25, -0.2) is 9.97 Å². The Balaban J connectivity index is 1.41. The topological polar surface area (TPSA) is 110 Å². The molecule has 0 aliphatic rings. The number of hydrogen-bond donors (Lipinski definition) is 2. The SMILES string of the molecule is O=C(NCc1ccnc(OCc2ccncc2)c1)c1nc2ccccc2c(=O)[nH]1. The Morgan fingerprint density at radius 3 is 2.69 bits per heavy atom. The minimum absolute atomic E-state index is 0.0306. The molecule has 1 aromatic carbocycles. The van der Waals surface area contributed by atoms with Gasteiger partial charge in [-0.2, -0.15) is 0 Å². The molecule has 4 rings (SSSR count). The molecule has 3 aromatic heterocycles. The van der Waals surface area contributed by atoms with Crippen LogP contribution in [0.15, 0.2) is 71.9 Å². The Morgan fingerprint density at radius 2 is 1.83 bits per heavy atom. The highest BCUT2D eigenvalue weighted by Gasteiger charge is 2.11. The second kappa shape index (κ2) is 8.30. The van der Waals surface area contributed by atoms with Gasteiger partial charge >= 0.3 is 0 Å². The summed E-state index contributed by atoms with van der Waals surface area (Å²) in [6, 6.07) is 14.1. The zero-order chi connectivity index (χ0) is 20.1. The van der Waals surface area contributed by atoms with Crippen molar-refractivity contribution in [1.82, 2.24) is 25.3 Å². The summed E-state index contributed by atoms with van der Waals surface area (Å²) in [4.78, 5) is 39.4. The van der Waals surface area contributed by atoms with Gasteiger partial charge in [-0.3, -0.25) is 14.6 Å². The van der Waals surface area contributed by atoms with Gasteiger partial charge in [-0.1, -0.05) is 12.1 Å². The largest absolute Gasteiger partial charge is 0.473 e. The Morgan fingerprint density at radius 1 is 1.03 bits per heavy atom. The van der Waals surface area contributed by atoms with Crippen molar-refractivity contribution < 1.29 is 9.53 Å². The van der Waals surface area contributed by atoms with Gasteiger partial charge in [0.1, 0.15) is 6.61 Å². The number of aromatic amines is 1. The average Bonchev–Trinajstić information content (AvgIpc) is 2.77. The van der Waals surface area contributed by atoms with Gasteiger partial charge < -0.3 is 15.0 Å². The Kier molecular flexibility index (Phi) is 5.24. The number of nitrogens with zero attached hydrogens (tertiary/aromatic N) is 3. The molecule has 0 saturated heterocycles. The molecule has 8 heteroatoms. The van der Waals surface area contributed by atoms with Crippen molar-refractivity contribution in [3.8, 4) is 5.88 Å². The predicted molar refractivity (Wildman–Crippen MR) is 106 cm³/mol. The highest BCUT2D eigenvalue weighted by Crippen LogP contribution is 2.12. The summed E-state index contributed by atoms with van der Waals surface area (Å²) >= 11 is 0. The molecule has 144 valence electrons. The number of ether oxygens (including phenoxy) is 1. The number of aromatic nitrogens is 4. The zero-order valence-corrected chi connectivity index (χ0v) is 15.3. The van der Waals surface area contributed by atoms with E-state index in [1.165, 1.54) is 0 Å². The van der Waals surface area contributed by atoms with Crippen LogP contribution in [0.1, 0.15) is 21.7 Å². The third-order valence-corrected chi connectivity index (χ3v) is 4.22. The lowest BCUT2D eigenvalue weighted by molar-refractivity contribution is 0.0940. The number of hydrogen-bond acceptors (Lipinski definition) is 6. The minimum atomic E-state index is -0.469. The summed E-state index contributed by atoms with van der Waals surface area (Å²) in [5.41, 5.74) is 1.90. The van der Waals surface area contributed by atoms with E-state index in [0.29, 0.717) is 23.4 Å².